The zero-order chi connectivity index (χ0) is 20.4. The monoisotopic (exact) mass is 432 g/mol. The fourth-order valence-corrected chi connectivity index (χ4v) is 3.73. The van der Waals surface area contributed by atoms with Gasteiger partial charge in [0.25, 0.3) is 5.91 Å². The van der Waals surface area contributed by atoms with Crippen LogP contribution in [0.4, 0.5) is 5.69 Å². The molecule has 2 aromatic carbocycles. The van der Waals surface area contributed by atoms with Crippen molar-refractivity contribution in [3.63, 3.8) is 0 Å². The van der Waals surface area contributed by atoms with Gasteiger partial charge in [-0.15, -0.1) is 0 Å². The van der Waals surface area contributed by atoms with Crippen LogP contribution in [0.1, 0.15) is 16.1 Å². The number of nitrogens with one attached hydrogen (secondary N) is 1. The Morgan fingerprint density at radius 2 is 1.83 bits per heavy atom. The highest BCUT2D eigenvalue weighted by Crippen LogP contribution is 2.32. The van der Waals surface area contributed by atoms with Gasteiger partial charge >= 0.3 is 0 Å². The Bertz CT molecular complexity index is 1070. The second-order valence-electron chi connectivity index (χ2n) is 6.67. The lowest BCUT2D eigenvalue weighted by molar-refractivity contribution is -0.115. The first kappa shape index (κ1) is 19.8. The van der Waals surface area contributed by atoms with E-state index in [1.807, 2.05) is 12.1 Å². The van der Waals surface area contributed by atoms with Gasteiger partial charge in [0.05, 0.1) is 19.6 Å². The first-order valence-corrected chi connectivity index (χ1v) is 9.91. The standard InChI is InChI=1S/C21H18Cl2N2O4/c22-14-6-5-13(16(23)12-14)11-18(26)24-19-15-3-1-2-4-17(15)29-20(19)21(27)25-7-9-28-10-8-25/h1-6,12H,7-11H2,(H,24,26). The summed E-state index contributed by atoms with van der Waals surface area (Å²) in [5.41, 5.74) is 1.54. The van der Waals surface area contributed by atoms with E-state index >= 15 is 0 Å². The van der Waals surface area contributed by atoms with Gasteiger partial charge in [-0.1, -0.05) is 41.4 Å². The highest BCUT2D eigenvalue weighted by Gasteiger charge is 2.27. The molecule has 6 nitrogen and oxygen atoms in total. The van der Waals surface area contributed by atoms with Crippen molar-refractivity contribution < 1.29 is 18.7 Å². The van der Waals surface area contributed by atoms with E-state index in [-0.39, 0.29) is 24.0 Å². The summed E-state index contributed by atoms with van der Waals surface area (Å²) in [4.78, 5) is 27.4. The minimum atomic E-state index is -0.309. The van der Waals surface area contributed by atoms with Crippen molar-refractivity contribution in [3.05, 3.63) is 63.8 Å². The Kier molecular flexibility index (Phi) is 5.76. The maximum absolute atomic E-state index is 13.0. The minimum Gasteiger partial charge on any atom is -0.449 e. The Morgan fingerprint density at radius 3 is 2.59 bits per heavy atom. The summed E-state index contributed by atoms with van der Waals surface area (Å²) in [6.45, 7) is 1.90. The number of rotatable bonds is 4. The third-order valence-corrected chi connectivity index (χ3v) is 5.31. The van der Waals surface area contributed by atoms with Gasteiger partial charge in [-0.05, 0) is 29.8 Å². The molecule has 1 saturated heterocycles. The zero-order valence-corrected chi connectivity index (χ0v) is 16.9. The number of halogens is 2. The summed E-state index contributed by atoms with van der Waals surface area (Å²) in [6, 6.07) is 12.2. The van der Waals surface area contributed by atoms with Gasteiger partial charge in [-0.25, -0.2) is 0 Å². The van der Waals surface area contributed by atoms with Gasteiger partial charge in [0.2, 0.25) is 11.7 Å². The molecule has 2 amide bonds. The number of morpholine rings is 1. The quantitative estimate of drug-likeness (QED) is 0.663. The van der Waals surface area contributed by atoms with Crippen molar-refractivity contribution in [2.75, 3.05) is 31.6 Å². The van der Waals surface area contributed by atoms with Crippen LogP contribution in [-0.4, -0.2) is 43.0 Å². The van der Waals surface area contributed by atoms with Crippen LogP contribution < -0.4 is 5.32 Å². The Labute approximate surface area is 177 Å². The Morgan fingerprint density at radius 1 is 1.07 bits per heavy atom. The van der Waals surface area contributed by atoms with Crippen molar-refractivity contribution in [2.45, 2.75) is 6.42 Å². The number of fused-ring (bicyclic) bond motifs is 1. The number of hydrogen-bond acceptors (Lipinski definition) is 4. The third-order valence-electron chi connectivity index (χ3n) is 4.72. The van der Waals surface area contributed by atoms with Gasteiger partial charge in [0, 0.05) is 28.5 Å². The van der Waals surface area contributed by atoms with E-state index in [4.69, 9.17) is 32.4 Å². The lowest BCUT2D eigenvalue weighted by Crippen LogP contribution is -2.40. The number of carbonyl (C=O) groups excluding carboxylic acids is 2. The molecule has 0 saturated carbocycles. The van der Waals surface area contributed by atoms with Crippen LogP contribution in [0, 0.1) is 0 Å². The average molecular weight is 433 g/mol. The molecule has 4 rings (SSSR count). The van der Waals surface area contributed by atoms with Gasteiger partial charge < -0.3 is 19.4 Å². The average Bonchev–Trinajstić information content (AvgIpc) is 3.08. The lowest BCUT2D eigenvalue weighted by Gasteiger charge is -2.26. The summed E-state index contributed by atoms with van der Waals surface area (Å²) < 4.78 is 11.1. The largest absolute Gasteiger partial charge is 0.449 e. The van der Waals surface area contributed by atoms with Gasteiger partial charge in [-0.2, -0.15) is 0 Å². The van der Waals surface area contributed by atoms with Crippen LogP contribution in [0.25, 0.3) is 11.0 Å². The molecule has 3 aromatic rings. The number of ether oxygens (including phenoxy) is 1. The predicted molar refractivity (Wildman–Crippen MR) is 112 cm³/mol. The number of carbonyl (C=O) groups is 2. The fraction of sp³-hybridized carbons (Fsp3) is 0.238. The van der Waals surface area contributed by atoms with Gasteiger partial charge in [-0.3, -0.25) is 9.59 Å². The molecule has 0 bridgehead atoms. The van der Waals surface area contributed by atoms with Crippen LogP contribution in [0.5, 0.6) is 0 Å². The normalized spacial score (nSPS) is 14.2. The van der Waals surface area contributed by atoms with Crippen LogP contribution in [0.2, 0.25) is 10.0 Å². The summed E-state index contributed by atoms with van der Waals surface area (Å²) >= 11 is 12.1. The first-order chi connectivity index (χ1) is 14.0. The second kappa shape index (κ2) is 8.45. The maximum Gasteiger partial charge on any atom is 0.291 e. The number of amides is 2. The van der Waals surface area contributed by atoms with E-state index in [2.05, 4.69) is 5.32 Å². The number of para-hydroxylation sites is 1. The fourth-order valence-electron chi connectivity index (χ4n) is 3.25. The summed E-state index contributed by atoms with van der Waals surface area (Å²) in [5.74, 6) is -0.468. The molecule has 0 aliphatic carbocycles. The Hall–Kier alpha value is -2.54. The Balaban J connectivity index is 1.63. The highest BCUT2D eigenvalue weighted by molar-refractivity contribution is 6.35. The molecule has 0 unspecified atom stereocenters. The smallest absolute Gasteiger partial charge is 0.291 e. The molecule has 2 heterocycles. The topological polar surface area (TPSA) is 71.8 Å². The highest BCUT2D eigenvalue weighted by atomic mass is 35.5. The molecular formula is C21H18Cl2N2O4. The molecule has 1 aliphatic heterocycles. The van der Waals surface area contributed by atoms with Crippen LogP contribution >= 0.6 is 23.2 Å². The molecule has 0 spiro atoms. The molecule has 8 heteroatoms. The first-order valence-electron chi connectivity index (χ1n) is 9.15. The number of furan rings is 1. The number of nitrogens with zero attached hydrogens (tertiary/aromatic N) is 1. The maximum atomic E-state index is 13.0. The molecule has 1 aliphatic rings. The van der Waals surface area contributed by atoms with Crippen molar-refractivity contribution >= 4 is 51.7 Å². The minimum absolute atomic E-state index is 0.0424. The van der Waals surface area contributed by atoms with Crippen LogP contribution in [0.15, 0.2) is 46.9 Å². The van der Waals surface area contributed by atoms with E-state index < -0.39 is 0 Å². The predicted octanol–water partition coefficient (Wildman–Crippen LogP) is 4.39. The molecule has 1 aromatic heterocycles. The molecule has 0 atom stereocenters. The molecule has 1 fully saturated rings. The molecule has 29 heavy (non-hydrogen) atoms. The lowest BCUT2D eigenvalue weighted by atomic mass is 10.1. The SMILES string of the molecule is O=C(Cc1ccc(Cl)cc1Cl)Nc1c(C(=O)N2CCOCC2)oc2ccccc12. The number of hydrogen-bond donors (Lipinski definition) is 1. The number of benzene rings is 2. The van der Waals surface area contributed by atoms with E-state index in [1.54, 1.807) is 35.2 Å². The summed E-state index contributed by atoms with van der Waals surface area (Å²) in [6.07, 6.45) is 0.0424. The van der Waals surface area contributed by atoms with Crippen molar-refractivity contribution in [1.82, 2.24) is 4.90 Å². The van der Waals surface area contributed by atoms with Crippen molar-refractivity contribution in [3.8, 4) is 0 Å². The number of anilines is 1. The van der Waals surface area contributed by atoms with E-state index in [0.717, 1.165) is 0 Å². The summed E-state index contributed by atoms with van der Waals surface area (Å²) in [7, 11) is 0. The van der Waals surface area contributed by atoms with Gasteiger partial charge in [0.15, 0.2) is 0 Å². The third kappa shape index (κ3) is 4.24. The molecular weight excluding hydrogens is 415 g/mol. The van der Waals surface area contributed by atoms with Crippen molar-refractivity contribution in [2.24, 2.45) is 0 Å². The second-order valence-corrected chi connectivity index (χ2v) is 7.51. The van der Waals surface area contributed by atoms with Gasteiger partial charge in [0.1, 0.15) is 11.3 Å². The van der Waals surface area contributed by atoms with Crippen LogP contribution in [0.3, 0.4) is 0 Å². The summed E-state index contributed by atoms with van der Waals surface area (Å²) in [5, 5.41) is 4.42. The van der Waals surface area contributed by atoms with E-state index in [9.17, 15) is 9.59 Å². The van der Waals surface area contributed by atoms with Crippen molar-refractivity contribution in [1.29, 1.82) is 0 Å². The zero-order valence-electron chi connectivity index (χ0n) is 15.4. The molecule has 150 valence electrons. The van der Waals surface area contributed by atoms with E-state index in [0.29, 0.717) is 58.6 Å². The van der Waals surface area contributed by atoms with Crippen LogP contribution in [-0.2, 0) is 16.0 Å². The van der Waals surface area contributed by atoms with E-state index in [1.165, 1.54) is 0 Å². The molecule has 1 N–H and O–H groups in total. The molecule has 0 radical (unpaired) electrons.